The third kappa shape index (κ3) is 4.79. The molecule has 6 nitrogen and oxygen atoms in total. The van der Waals surface area contributed by atoms with Gasteiger partial charge in [-0.3, -0.25) is 9.79 Å². The molecule has 14 heteroatoms. The minimum Gasteiger partial charge on any atom is -0.403 e. The maximum absolute atomic E-state index is 12.7. The summed E-state index contributed by atoms with van der Waals surface area (Å²) >= 11 is -5.11. The number of alkyl halides is 6. The van der Waals surface area contributed by atoms with Crippen LogP contribution in [0.25, 0.3) is 0 Å². The predicted molar refractivity (Wildman–Crippen MR) is 63.2 cm³/mol. The van der Waals surface area contributed by atoms with Gasteiger partial charge in [0, 0.05) is 0 Å². The first-order valence-electron chi connectivity index (χ1n) is 4.76. The van der Waals surface area contributed by atoms with E-state index >= 15 is 0 Å². The number of benzene rings is 1. The fourth-order valence-electron chi connectivity index (χ4n) is 1.32. The predicted octanol–water partition coefficient (Wildman–Crippen LogP) is 3.56. The Bertz CT molecular complexity index is 694. The molecule has 1 rings (SSSR count). The van der Waals surface area contributed by atoms with E-state index in [0.717, 1.165) is 0 Å². The average molecular weight is 468 g/mol. The van der Waals surface area contributed by atoms with Crippen molar-refractivity contribution in [2.24, 2.45) is 0 Å². The summed E-state index contributed by atoms with van der Waals surface area (Å²) in [7, 11) is -5.59. The van der Waals surface area contributed by atoms with Gasteiger partial charge in [0.25, 0.3) is 0 Å². The molecule has 0 atom stereocenters. The lowest BCUT2D eigenvalue weighted by Crippen LogP contribution is -2.14. The Morgan fingerprint density at radius 2 is 1.50 bits per heavy atom. The molecule has 0 aliphatic carbocycles. The zero-order valence-corrected chi connectivity index (χ0v) is 12.8. The van der Waals surface area contributed by atoms with E-state index in [4.69, 9.17) is 9.79 Å². The molecule has 0 unspecified atom stereocenters. The Morgan fingerprint density at radius 1 is 1.00 bits per heavy atom. The molecule has 0 saturated carbocycles. The van der Waals surface area contributed by atoms with Crippen molar-refractivity contribution in [1.29, 1.82) is 0 Å². The quantitative estimate of drug-likeness (QED) is 0.400. The molecule has 126 valence electrons. The molecule has 0 fully saturated rings. The van der Waals surface area contributed by atoms with Gasteiger partial charge in [-0.05, 0) is 12.1 Å². The Balaban J connectivity index is 3.82. The Morgan fingerprint density at radius 3 is 1.82 bits per heavy atom. The maximum atomic E-state index is 12.7. The van der Waals surface area contributed by atoms with E-state index in [-0.39, 0.29) is 6.07 Å². The van der Waals surface area contributed by atoms with Crippen LogP contribution in [0.1, 0.15) is 11.1 Å². The molecular weight excluding hydrogens is 464 g/mol. The van der Waals surface area contributed by atoms with Gasteiger partial charge in [-0.2, -0.15) is 26.3 Å². The molecule has 0 heterocycles. The van der Waals surface area contributed by atoms with Gasteiger partial charge in [0.05, 0.1) is 11.1 Å². The fraction of sp³-hybridized carbons (Fsp3) is 0.250. The first-order chi connectivity index (χ1) is 9.63. The molecule has 0 spiro atoms. The van der Waals surface area contributed by atoms with Gasteiger partial charge in [-0.1, -0.05) is 0 Å². The van der Waals surface area contributed by atoms with E-state index in [2.05, 4.69) is 4.52 Å². The highest BCUT2D eigenvalue weighted by molar-refractivity contribution is 14.2. The van der Waals surface area contributed by atoms with Gasteiger partial charge in [-0.25, -0.2) is 10.7 Å². The van der Waals surface area contributed by atoms with Crippen molar-refractivity contribution in [2.75, 3.05) is 0 Å². The van der Waals surface area contributed by atoms with Crippen LogP contribution < -0.4 is 4.52 Å². The normalized spacial score (nSPS) is 13.5. The van der Waals surface area contributed by atoms with E-state index in [1.807, 2.05) is 0 Å². The highest BCUT2D eigenvalue weighted by atomic mass is 127. The molecule has 0 bridgehead atoms. The largest absolute Gasteiger partial charge is 0.524 e. The minimum absolute atomic E-state index is 0.218. The summed E-state index contributed by atoms with van der Waals surface area (Å²) in [5.41, 5.74) is -4.18. The van der Waals surface area contributed by atoms with Crippen molar-refractivity contribution in [2.45, 2.75) is 12.4 Å². The van der Waals surface area contributed by atoms with E-state index in [1.54, 1.807) is 0 Å². The topological polar surface area (TPSA) is 101 Å². The highest BCUT2D eigenvalue weighted by Crippen LogP contribution is 2.48. The van der Waals surface area contributed by atoms with Crippen molar-refractivity contribution >= 4 is 27.6 Å². The van der Waals surface area contributed by atoms with Crippen LogP contribution in [0.15, 0.2) is 12.1 Å². The highest BCUT2D eigenvalue weighted by Gasteiger charge is 2.42. The number of hydrogen-bond donors (Lipinski definition) is 2. The van der Waals surface area contributed by atoms with Crippen molar-refractivity contribution < 1.29 is 51.4 Å². The molecule has 0 amide bonds. The van der Waals surface area contributed by atoms with Crippen molar-refractivity contribution in [3.05, 3.63) is 26.8 Å². The van der Waals surface area contributed by atoms with Gasteiger partial charge in [0.15, 0.2) is 5.75 Å². The van der Waals surface area contributed by atoms with E-state index < -0.39 is 66.5 Å². The standard InChI is InChI=1S/C8H4F6IO6P/c9-7(10,11)3-1-4(8(12,13)14)6(15(16)17)5(2-3)21-22(18,19)20/h1-2H,(H2,18,19,20). The van der Waals surface area contributed by atoms with E-state index in [1.165, 1.54) is 0 Å². The van der Waals surface area contributed by atoms with Gasteiger partial charge < -0.3 is 4.52 Å². The van der Waals surface area contributed by atoms with Gasteiger partial charge in [0.2, 0.25) is 0 Å². The Hall–Kier alpha value is -0.920. The lowest BCUT2D eigenvalue weighted by molar-refractivity contribution is -0.143. The van der Waals surface area contributed by atoms with Gasteiger partial charge in [-0.15, -0.1) is 0 Å². The zero-order chi connectivity index (χ0) is 17.5. The first-order valence-corrected chi connectivity index (χ1v) is 9.13. The number of rotatable bonds is 3. The first kappa shape index (κ1) is 19.1. The molecule has 0 aromatic heterocycles. The average Bonchev–Trinajstić information content (AvgIpc) is 2.22. The smallest absolute Gasteiger partial charge is 0.403 e. The van der Waals surface area contributed by atoms with Crippen LogP contribution >= 0.6 is 27.6 Å². The lowest BCUT2D eigenvalue weighted by Gasteiger charge is -2.17. The SMILES string of the molecule is O=I(=O)c1c(OP(=O)(O)O)cc(C(F)(F)F)cc1C(F)(F)F. The molecule has 1 aromatic rings. The van der Waals surface area contributed by atoms with Crippen LogP contribution in [-0.4, -0.2) is 9.79 Å². The molecule has 2 N–H and O–H groups in total. The fourth-order valence-corrected chi connectivity index (χ4v) is 3.53. The number of phosphoric acid groups is 1. The maximum Gasteiger partial charge on any atom is 0.524 e. The number of halogens is 7. The number of hydrogen-bond acceptors (Lipinski definition) is 4. The Labute approximate surface area is 124 Å². The summed E-state index contributed by atoms with van der Waals surface area (Å²) in [5.74, 6) is -1.70. The van der Waals surface area contributed by atoms with Crippen LogP contribution in [0.3, 0.4) is 0 Å². The molecule has 0 aliphatic heterocycles. The van der Waals surface area contributed by atoms with Crippen LogP contribution in [0.2, 0.25) is 0 Å². The van der Waals surface area contributed by atoms with Crippen molar-refractivity contribution in [3.63, 3.8) is 0 Å². The summed E-state index contributed by atoms with van der Waals surface area (Å²) in [6.07, 6.45) is -10.8. The second-order valence-corrected chi connectivity index (χ2v) is 7.11. The summed E-state index contributed by atoms with van der Waals surface area (Å²) in [5, 5.41) is 0. The van der Waals surface area contributed by atoms with Gasteiger partial charge in [0.1, 0.15) is 3.57 Å². The zero-order valence-electron chi connectivity index (χ0n) is 9.78. The monoisotopic (exact) mass is 468 g/mol. The summed E-state index contributed by atoms with van der Waals surface area (Å²) < 4.78 is 110. The Kier molecular flexibility index (Phi) is 5.16. The molecular formula is C8H4F6IO6P. The second-order valence-electron chi connectivity index (χ2n) is 3.63. The second kappa shape index (κ2) is 5.94. The van der Waals surface area contributed by atoms with Crippen LogP contribution in [-0.2, 0) is 23.1 Å². The van der Waals surface area contributed by atoms with E-state index in [0.29, 0.717) is 0 Å². The van der Waals surface area contributed by atoms with Crippen LogP contribution in [0.5, 0.6) is 5.75 Å². The summed E-state index contributed by atoms with van der Waals surface area (Å²) in [4.78, 5) is 17.0. The van der Waals surface area contributed by atoms with Crippen molar-refractivity contribution in [1.82, 2.24) is 0 Å². The minimum atomic E-state index is -5.59. The van der Waals surface area contributed by atoms with Crippen LogP contribution in [0.4, 0.5) is 26.3 Å². The van der Waals surface area contributed by atoms with Crippen molar-refractivity contribution in [3.8, 4) is 5.75 Å². The molecule has 0 aliphatic rings. The van der Waals surface area contributed by atoms with Crippen LogP contribution in [0, 0.1) is 3.57 Å². The molecule has 1 aromatic carbocycles. The molecule has 0 radical (unpaired) electrons. The third-order valence-corrected chi connectivity index (χ3v) is 4.47. The van der Waals surface area contributed by atoms with Gasteiger partial charge >= 0.3 is 40.0 Å². The molecule has 0 saturated heterocycles. The van der Waals surface area contributed by atoms with E-state index in [9.17, 15) is 37.0 Å². The number of phosphoric ester groups is 1. The lowest BCUT2D eigenvalue weighted by atomic mass is 10.1. The third-order valence-electron chi connectivity index (χ3n) is 2.04. The summed E-state index contributed by atoms with van der Waals surface area (Å²) in [6.45, 7) is 0. The molecule has 22 heavy (non-hydrogen) atoms. The summed E-state index contributed by atoms with van der Waals surface area (Å²) in [6, 6.07) is -0.688.